The molecule has 1 aromatic carbocycles. The number of amides is 1. The second-order valence-corrected chi connectivity index (χ2v) is 6.28. The summed E-state index contributed by atoms with van der Waals surface area (Å²) < 4.78 is 19.9. The van der Waals surface area contributed by atoms with Gasteiger partial charge in [0.1, 0.15) is 11.3 Å². The van der Waals surface area contributed by atoms with Crippen LogP contribution in [0.2, 0.25) is 0 Å². The average molecular weight is 353 g/mol. The van der Waals surface area contributed by atoms with Crippen molar-refractivity contribution in [3.63, 3.8) is 0 Å². The Labute approximate surface area is 146 Å². The van der Waals surface area contributed by atoms with Gasteiger partial charge >= 0.3 is 0 Å². The number of rotatable bonds is 4. The minimum atomic E-state index is -0.414. The van der Waals surface area contributed by atoms with Crippen LogP contribution in [0.3, 0.4) is 0 Å². The van der Waals surface area contributed by atoms with E-state index >= 15 is 0 Å². The summed E-state index contributed by atoms with van der Waals surface area (Å²) in [4.78, 5) is 22.9. The second kappa shape index (κ2) is 6.45. The SMILES string of the molecule is O=C(c1ccco1)N(Cc1ccccn1)c1nc2c(F)cccc2s1. The zero-order chi connectivity index (χ0) is 17.2. The van der Waals surface area contributed by atoms with E-state index < -0.39 is 5.82 Å². The first-order valence-corrected chi connectivity index (χ1v) is 8.34. The fourth-order valence-corrected chi connectivity index (χ4v) is 3.41. The van der Waals surface area contributed by atoms with Crippen molar-refractivity contribution in [1.82, 2.24) is 9.97 Å². The second-order valence-electron chi connectivity index (χ2n) is 5.27. The number of nitrogens with zero attached hydrogens (tertiary/aromatic N) is 3. The van der Waals surface area contributed by atoms with Crippen molar-refractivity contribution in [1.29, 1.82) is 0 Å². The molecule has 4 aromatic rings. The summed E-state index contributed by atoms with van der Waals surface area (Å²) in [6.45, 7) is 0.210. The van der Waals surface area contributed by atoms with E-state index in [4.69, 9.17) is 4.42 Å². The zero-order valence-corrected chi connectivity index (χ0v) is 13.7. The molecule has 0 aliphatic carbocycles. The molecule has 7 heteroatoms. The van der Waals surface area contributed by atoms with Gasteiger partial charge in [0, 0.05) is 6.20 Å². The summed E-state index contributed by atoms with van der Waals surface area (Å²) in [7, 11) is 0. The smallest absolute Gasteiger partial charge is 0.296 e. The normalized spacial score (nSPS) is 10.9. The Bertz CT molecular complexity index is 1020. The monoisotopic (exact) mass is 353 g/mol. The van der Waals surface area contributed by atoms with Gasteiger partial charge in [0.2, 0.25) is 0 Å². The summed E-state index contributed by atoms with van der Waals surface area (Å²) in [5.41, 5.74) is 0.947. The molecule has 5 nitrogen and oxygen atoms in total. The maximum absolute atomic E-state index is 14.0. The average Bonchev–Trinajstić information content (AvgIpc) is 3.30. The molecule has 0 unspecified atom stereocenters. The quantitative estimate of drug-likeness (QED) is 0.550. The van der Waals surface area contributed by atoms with Crippen LogP contribution in [-0.2, 0) is 6.54 Å². The van der Waals surface area contributed by atoms with Crippen molar-refractivity contribution in [2.45, 2.75) is 6.54 Å². The summed E-state index contributed by atoms with van der Waals surface area (Å²) >= 11 is 1.25. The third-order valence-corrected chi connectivity index (χ3v) is 4.66. The number of fused-ring (bicyclic) bond motifs is 1. The largest absolute Gasteiger partial charge is 0.459 e. The van der Waals surface area contributed by atoms with E-state index in [1.165, 1.54) is 28.6 Å². The van der Waals surface area contributed by atoms with Crippen LogP contribution in [-0.4, -0.2) is 15.9 Å². The van der Waals surface area contributed by atoms with Crippen molar-refractivity contribution in [3.8, 4) is 0 Å². The van der Waals surface area contributed by atoms with Crippen molar-refractivity contribution in [3.05, 3.63) is 78.3 Å². The van der Waals surface area contributed by atoms with Crippen LogP contribution in [0.4, 0.5) is 9.52 Å². The number of pyridine rings is 1. The molecule has 0 bridgehead atoms. The maximum Gasteiger partial charge on any atom is 0.296 e. The number of thiazole rings is 1. The van der Waals surface area contributed by atoms with Gasteiger partial charge in [-0.05, 0) is 36.4 Å². The minimum absolute atomic E-state index is 0.190. The molecule has 0 saturated heterocycles. The summed E-state index contributed by atoms with van der Waals surface area (Å²) in [6, 6.07) is 13.4. The molecule has 0 atom stereocenters. The molecular formula is C18H12FN3O2S. The third kappa shape index (κ3) is 3.01. The number of para-hydroxylation sites is 1. The maximum atomic E-state index is 14.0. The minimum Gasteiger partial charge on any atom is -0.459 e. The van der Waals surface area contributed by atoms with Gasteiger partial charge in [-0.1, -0.05) is 23.5 Å². The molecular weight excluding hydrogens is 341 g/mol. The number of hydrogen-bond acceptors (Lipinski definition) is 5. The Hall–Kier alpha value is -3.06. The van der Waals surface area contributed by atoms with Gasteiger partial charge in [-0.25, -0.2) is 9.37 Å². The number of benzene rings is 1. The zero-order valence-electron chi connectivity index (χ0n) is 12.9. The molecule has 3 heterocycles. The van der Waals surface area contributed by atoms with E-state index in [-0.39, 0.29) is 23.7 Å². The fourth-order valence-electron chi connectivity index (χ4n) is 2.43. The summed E-state index contributed by atoms with van der Waals surface area (Å²) in [5, 5.41) is 0.396. The highest BCUT2D eigenvalue weighted by Crippen LogP contribution is 2.31. The highest BCUT2D eigenvalue weighted by molar-refractivity contribution is 7.22. The molecule has 0 fully saturated rings. The van der Waals surface area contributed by atoms with Gasteiger partial charge in [0.15, 0.2) is 10.9 Å². The third-order valence-electron chi connectivity index (χ3n) is 3.61. The van der Waals surface area contributed by atoms with E-state index in [1.807, 2.05) is 12.1 Å². The molecule has 3 aromatic heterocycles. The predicted octanol–water partition coefficient (Wildman–Crippen LogP) is 4.27. The molecule has 0 saturated carbocycles. The molecule has 0 aliphatic heterocycles. The Morgan fingerprint density at radius 2 is 2.08 bits per heavy atom. The molecule has 0 N–H and O–H groups in total. The lowest BCUT2D eigenvalue weighted by atomic mass is 10.3. The van der Waals surface area contributed by atoms with Crippen LogP contribution in [0, 0.1) is 5.82 Å². The fraction of sp³-hybridized carbons (Fsp3) is 0.0556. The number of halogens is 1. The number of carbonyl (C=O) groups is 1. The van der Waals surface area contributed by atoms with Crippen LogP contribution >= 0.6 is 11.3 Å². The predicted molar refractivity (Wildman–Crippen MR) is 93.0 cm³/mol. The van der Waals surface area contributed by atoms with Crippen molar-refractivity contribution >= 4 is 32.6 Å². The van der Waals surface area contributed by atoms with Crippen LogP contribution in [0.15, 0.2) is 65.4 Å². The van der Waals surface area contributed by atoms with Gasteiger partial charge in [0.05, 0.1) is 23.2 Å². The Balaban J connectivity index is 1.78. The lowest BCUT2D eigenvalue weighted by Crippen LogP contribution is -2.30. The highest BCUT2D eigenvalue weighted by atomic mass is 32.1. The van der Waals surface area contributed by atoms with Crippen molar-refractivity contribution in [2.24, 2.45) is 0 Å². The number of aromatic nitrogens is 2. The Kier molecular flexibility index (Phi) is 3.99. The molecule has 0 aliphatic rings. The van der Waals surface area contributed by atoms with Crippen LogP contribution in [0.25, 0.3) is 10.2 Å². The number of hydrogen-bond donors (Lipinski definition) is 0. The van der Waals surface area contributed by atoms with Gasteiger partial charge < -0.3 is 4.42 Å². The van der Waals surface area contributed by atoms with Crippen LogP contribution < -0.4 is 4.90 Å². The Morgan fingerprint density at radius 1 is 1.16 bits per heavy atom. The van der Waals surface area contributed by atoms with Crippen LogP contribution in [0.5, 0.6) is 0 Å². The van der Waals surface area contributed by atoms with Gasteiger partial charge in [-0.2, -0.15) is 0 Å². The van der Waals surface area contributed by atoms with E-state index in [0.29, 0.717) is 15.5 Å². The van der Waals surface area contributed by atoms with Gasteiger partial charge in [-0.3, -0.25) is 14.7 Å². The summed E-state index contributed by atoms with van der Waals surface area (Å²) in [5.74, 6) is -0.575. The molecule has 124 valence electrons. The van der Waals surface area contributed by atoms with E-state index in [2.05, 4.69) is 9.97 Å². The lowest BCUT2D eigenvalue weighted by Gasteiger charge is -2.18. The van der Waals surface area contributed by atoms with E-state index in [9.17, 15) is 9.18 Å². The number of anilines is 1. The molecule has 25 heavy (non-hydrogen) atoms. The Morgan fingerprint density at radius 3 is 2.80 bits per heavy atom. The van der Waals surface area contributed by atoms with Crippen molar-refractivity contribution < 1.29 is 13.6 Å². The topological polar surface area (TPSA) is 59.2 Å². The summed E-state index contributed by atoms with van der Waals surface area (Å²) in [6.07, 6.45) is 3.09. The van der Waals surface area contributed by atoms with E-state index in [0.717, 1.165) is 0 Å². The highest BCUT2D eigenvalue weighted by Gasteiger charge is 2.24. The van der Waals surface area contributed by atoms with Crippen LogP contribution in [0.1, 0.15) is 16.2 Å². The first-order chi connectivity index (χ1) is 12.2. The first kappa shape index (κ1) is 15.5. The molecule has 4 rings (SSSR count). The van der Waals surface area contributed by atoms with Gasteiger partial charge in [-0.15, -0.1) is 0 Å². The molecule has 0 spiro atoms. The van der Waals surface area contributed by atoms with Gasteiger partial charge in [0.25, 0.3) is 5.91 Å². The lowest BCUT2D eigenvalue weighted by molar-refractivity contribution is 0.0958. The number of carbonyl (C=O) groups excluding carboxylic acids is 1. The molecule has 0 radical (unpaired) electrons. The van der Waals surface area contributed by atoms with Crippen molar-refractivity contribution in [2.75, 3.05) is 4.90 Å². The standard InChI is InChI=1S/C18H12FN3O2S/c19-13-6-3-8-15-16(13)21-18(25-15)22(11-12-5-1-2-9-20-12)17(23)14-7-4-10-24-14/h1-10H,11H2. The van der Waals surface area contributed by atoms with E-state index in [1.54, 1.807) is 36.5 Å². The number of furan rings is 1. The molecule has 1 amide bonds. The first-order valence-electron chi connectivity index (χ1n) is 7.53.